The standard InChI is InChI=1S/C35H39N3O4S/c39-32(36-33-31(34(40)37-19-9-2-10-20-37)27-16-3-1-4-18-30(27)43-33)29-17-11-21-38(29)35(41)42-22-28-25-14-7-5-12-23(25)24-13-6-8-15-26(24)28/h5-8,12-15,28-29H,1-4,9-11,16-22H2,(H,36,39)/t29-/m1/s1. The molecule has 2 saturated heterocycles. The first kappa shape index (κ1) is 28.1. The molecule has 0 saturated carbocycles. The Kier molecular flexibility index (Phi) is 7.95. The van der Waals surface area contributed by atoms with E-state index in [0.29, 0.717) is 23.5 Å². The van der Waals surface area contributed by atoms with Crippen LogP contribution >= 0.6 is 11.3 Å². The van der Waals surface area contributed by atoms with Crippen LogP contribution in [-0.2, 0) is 22.4 Å². The number of thiophene rings is 1. The van der Waals surface area contributed by atoms with Gasteiger partial charge in [0.15, 0.2) is 0 Å². The summed E-state index contributed by atoms with van der Waals surface area (Å²) in [5, 5.41) is 3.80. The maximum atomic E-state index is 13.8. The van der Waals surface area contributed by atoms with Crippen LogP contribution in [0.5, 0.6) is 0 Å². The van der Waals surface area contributed by atoms with Crippen molar-refractivity contribution in [2.24, 2.45) is 0 Å². The predicted molar refractivity (Wildman–Crippen MR) is 169 cm³/mol. The third-order valence-electron chi connectivity index (χ3n) is 9.64. The summed E-state index contributed by atoms with van der Waals surface area (Å²) in [5.74, 6) is -0.208. The van der Waals surface area contributed by atoms with Crippen molar-refractivity contribution in [2.75, 3.05) is 31.6 Å². The number of nitrogens with one attached hydrogen (secondary N) is 1. The van der Waals surface area contributed by atoms with E-state index in [1.165, 1.54) is 16.0 Å². The molecule has 2 aliphatic heterocycles. The topological polar surface area (TPSA) is 79.0 Å². The minimum absolute atomic E-state index is 0.0314. The van der Waals surface area contributed by atoms with Crippen LogP contribution in [0.25, 0.3) is 11.1 Å². The van der Waals surface area contributed by atoms with Crippen molar-refractivity contribution in [1.29, 1.82) is 0 Å². The molecule has 1 aromatic heterocycles. The molecule has 0 unspecified atom stereocenters. The van der Waals surface area contributed by atoms with Crippen LogP contribution in [0.1, 0.15) is 89.2 Å². The van der Waals surface area contributed by atoms with E-state index in [1.807, 2.05) is 29.2 Å². The first-order valence-electron chi connectivity index (χ1n) is 16.0. The van der Waals surface area contributed by atoms with Crippen molar-refractivity contribution in [3.05, 3.63) is 75.7 Å². The van der Waals surface area contributed by atoms with E-state index < -0.39 is 12.1 Å². The fourth-order valence-corrected chi connectivity index (χ4v) is 8.73. The molecule has 7 rings (SSSR count). The summed E-state index contributed by atoms with van der Waals surface area (Å²) in [4.78, 5) is 45.8. The third kappa shape index (κ3) is 5.35. The number of carbonyl (C=O) groups excluding carboxylic acids is 3. The zero-order valence-corrected chi connectivity index (χ0v) is 25.4. The maximum Gasteiger partial charge on any atom is 0.410 e. The second-order valence-electron chi connectivity index (χ2n) is 12.3. The molecular weight excluding hydrogens is 558 g/mol. The van der Waals surface area contributed by atoms with Gasteiger partial charge in [0.1, 0.15) is 17.6 Å². The number of hydrogen-bond donors (Lipinski definition) is 1. The highest BCUT2D eigenvalue weighted by Crippen LogP contribution is 2.45. The van der Waals surface area contributed by atoms with Crippen LogP contribution in [0, 0.1) is 0 Å². The summed E-state index contributed by atoms with van der Waals surface area (Å²) in [6.45, 7) is 2.25. The van der Waals surface area contributed by atoms with Gasteiger partial charge in [-0.05, 0) is 85.6 Å². The van der Waals surface area contributed by atoms with Crippen molar-refractivity contribution >= 4 is 34.2 Å². The fourth-order valence-electron chi connectivity index (χ4n) is 7.44. The Morgan fingerprint density at radius 2 is 1.49 bits per heavy atom. The number of nitrogens with zero attached hydrogens (tertiary/aromatic N) is 2. The van der Waals surface area contributed by atoms with Crippen LogP contribution < -0.4 is 5.32 Å². The van der Waals surface area contributed by atoms with Gasteiger partial charge in [0, 0.05) is 30.4 Å². The van der Waals surface area contributed by atoms with E-state index in [9.17, 15) is 14.4 Å². The molecule has 224 valence electrons. The third-order valence-corrected chi connectivity index (χ3v) is 10.8. The van der Waals surface area contributed by atoms with Gasteiger partial charge in [-0.1, -0.05) is 55.0 Å². The highest BCUT2D eigenvalue weighted by Gasteiger charge is 2.38. The summed E-state index contributed by atoms with van der Waals surface area (Å²) in [6, 6.07) is 15.9. The Labute approximate surface area is 257 Å². The number of anilines is 1. The number of ether oxygens (including phenoxy) is 1. The molecule has 0 radical (unpaired) electrons. The zero-order chi connectivity index (χ0) is 29.3. The molecule has 3 amide bonds. The SMILES string of the molecule is O=C(Nc1sc2c(c1C(=O)N1CCCCC1)CCCCC2)[C@H]1CCCN1C(=O)OCC1c2ccccc2-c2ccccc21. The van der Waals surface area contributed by atoms with Gasteiger partial charge in [-0.2, -0.15) is 0 Å². The van der Waals surface area contributed by atoms with E-state index in [-0.39, 0.29) is 24.3 Å². The Hall–Kier alpha value is -3.65. The second kappa shape index (κ2) is 12.2. The van der Waals surface area contributed by atoms with Crippen LogP contribution in [-0.4, -0.2) is 60.0 Å². The number of hydrogen-bond acceptors (Lipinski definition) is 5. The van der Waals surface area contributed by atoms with Gasteiger partial charge in [0.05, 0.1) is 5.56 Å². The van der Waals surface area contributed by atoms with Gasteiger partial charge in [-0.3, -0.25) is 14.5 Å². The Morgan fingerprint density at radius 3 is 2.23 bits per heavy atom. The highest BCUT2D eigenvalue weighted by atomic mass is 32.1. The number of piperidine rings is 1. The molecule has 3 aromatic rings. The van der Waals surface area contributed by atoms with E-state index in [0.717, 1.165) is 87.6 Å². The molecule has 3 heterocycles. The van der Waals surface area contributed by atoms with E-state index in [2.05, 4.69) is 29.6 Å². The van der Waals surface area contributed by atoms with Gasteiger partial charge < -0.3 is 15.0 Å². The Bertz CT molecular complexity index is 1500. The molecule has 0 spiro atoms. The van der Waals surface area contributed by atoms with Gasteiger partial charge in [0.25, 0.3) is 5.91 Å². The average Bonchev–Trinajstić information content (AvgIpc) is 3.70. The first-order valence-corrected chi connectivity index (χ1v) is 16.8. The summed E-state index contributed by atoms with van der Waals surface area (Å²) >= 11 is 1.56. The number of likely N-dealkylation sites (tertiary alicyclic amines) is 2. The van der Waals surface area contributed by atoms with Crippen LogP contribution in [0.3, 0.4) is 0 Å². The smallest absolute Gasteiger partial charge is 0.410 e. The molecule has 2 fully saturated rings. The largest absolute Gasteiger partial charge is 0.448 e. The van der Waals surface area contributed by atoms with Crippen LogP contribution in [0.4, 0.5) is 9.80 Å². The lowest BCUT2D eigenvalue weighted by atomic mass is 9.98. The van der Waals surface area contributed by atoms with E-state index >= 15 is 0 Å². The minimum Gasteiger partial charge on any atom is -0.448 e. The summed E-state index contributed by atoms with van der Waals surface area (Å²) in [6.07, 6.45) is 9.24. The first-order chi connectivity index (χ1) is 21.1. The van der Waals surface area contributed by atoms with Crippen LogP contribution in [0.15, 0.2) is 48.5 Å². The van der Waals surface area contributed by atoms with E-state index in [4.69, 9.17) is 4.74 Å². The lowest BCUT2D eigenvalue weighted by molar-refractivity contribution is -0.120. The number of rotatable bonds is 5. The van der Waals surface area contributed by atoms with E-state index in [1.54, 1.807) is 16.2 Å². The van der Waals surface area contributed by atoms with Gasteiger partial charge in [-0.25, -0.2) is 4.79 Å². The lowest BCUT2D eigenvalue weighted by Gasteiger charge is -2.28. The summed E-state index contributed by atoms with van der Waals surface area (Å²) < 4.78 is 5.92. The van der Waals surface area contributed by atoms with Crippen molar-refractivity contribution in [3.8, 4) is 11.1 Å². The van der Waals surface area contributed by atoms with Crippen molar-refractivity contribution < 1.29 is 19.1 Å². The summed E-state index contributed by atoms with van der Waals surface area (Å²) in [7, 11) is 0. The number of aryl methyl sites for hydroxylation is 1. The maximum absolute atomic E-state index is 13.8. The molecule has 2 aromatic carbocycles. The number of benzene rings is 2. The molecule has 0 bridgehead atoms. The monoisotopic (exact) mass is 597 g/mol. The van der Waals surface area contributed by atoms with Gasteiger partial charge in [0.2, 0.25) is 5.91 Å². The molecule has 1 N–H and O–H groups in total. The van der Waals surface area contributed by atoms with Crippen molar-refractivity contribution in [3.63, 3.8) is 0 Å². The zero-order valence-electron chi connectivity index (χ0n) is 24.6. The predicted octanol–water partition coefficient (Wildman–Crippen LogP) is 7.00. The molecular formula is C35H39N3O4S. The van der Waals surface area contributed by atoms with Crippen LogP contribution in [0.2, 0.25) is 0 Å². The van der Waals surface area contributed by atoms with Crippen molar-refractivity contribution in [1.82, 2.24) is 9.80 Å². The van der Waals surface area contributed by atoms with Crippen molar-refractivity contribution in [2.45, 2.75) is 76.2 Å². The average molecular weight is 598 g/mol. The minimum atomic E-state index is -0.615. The lowest BCUT2D eigenvalue weighted by Crippen LogP contribution is -2.44. The second-order valence-corrected chi connectivity index (χ2v) is 13.4. The molecule has 7 nitrogen and oxygen atoms in total. The van der Waals surface area contributed by atoms with Gasteiger partial charge >= 0.3 is 6.09 Å². The molecule has 2 aliphatic carbocycles. The Morgan fingerprint density at radius 1 is 0.814 bits per heavy atom. The number of carbonyl (C=O) groups is 3. The molecule has 8 heteroatoms. The molecule has 1 atom stereocenters. The number of fused-ring (bicyclic) bond motifs is 4. The normalized spacial score (nSPS) is 19.8. The Balaban J connectivity index is 1.07. The summed E-state index contributed by atoms with van der Waals surface area (Å²) in [5.41, 5.74) is 6.52. The number of amides is 3. The fraction of sp³-hybridized carbons (Fsp3) is 0.457. The van der Waals surface area contributed by atoms with Gasteiger partial charge in [-0.15, -0.1) is 11.3 Å². The quantitative estimate of drug-likeness (QED) is 0.322. The highest BCUT2D eigenvalue weighted by molar-refractivity contribution is 7.17. The molecule has 43 heavy (non-hydrogen) atoms. The molecule has 4 aliphatic rings.